The molecule has 1 aliphatic rings. The molecule has 0 radical (unpaired) electrons. The molecular weight excluding hydrogens is 251 g/mol. The van der Waals surface area contributed by atoms with Crippen LogP contribution in [0.4, 0.5) is 10.1 Å². The summed E-state index contributed by atoms with van der Waals surface area (Å²) in [4.78, 5) is 13.4. The Morgan fingerprint density at radius 2 is 2.42 bits per heavy atom. The Balaban J connectivity index is 2.38. The van der Waals surface area contributed by atoms with Gasteiger partial charge in [0, 0.05) is 6.54 Å². The van der Waals surface area contributed by atoms with E-state index < -0.39 is 17.8 Å². The second kappa shape index (κ2) is 5.67. The molecule has 1 fully saturated rings. The van der Waals surface area contributed by atoms with Crippen LogP contribution in [0.15, 0.2) is 18.2 Å². The minimum absolute atomic E-state index is 0.189. The number of nitrogens with zero attached hydrogens (tertiary/aromatic N) is 2. The Bertz CT molecular complexity index is 527. The van der Waals surface area contributed by atoms with E-state index in [2.05, 4.69) is 0 Å². The van der Waals surface area contributed by atoms with Gasteiger partial charge in [-0.1, -0.05) is 0 Å². The van der Waals surface area contributed by atoms with Crippen molar-refractivity contribution in [1.82, 2.24) is 0 Å². The average Bonchev–Trinajstić information content (AvgIpc) is 2.46. The lowest BCUT2D eigenvalue weighted by molar-refractivity contribution is -0.144. The number of nitriles is 1. The van der Waals surface area contributed by atoms with Gasteiger partial charge in [0.15, 0.2) is 6.04 Å². The molecule has 1 aliphatic heterocycles. The van der Waals surface area contributed by atoms with Gasteiger partial charge in [-0.25, -0.2) is 9.18 Å². The quantitative estimate of drug-likeness (QED) is 0.748. The first-order chi connectivity index (χ1) is 9.17. The topological polar surface area (TPSA) is 62.6 Å². The Morgan fingerprint density at radius 3 is 3.11 bits per heavy atom. The Hall–Kier alpha value is -2.13. The van der Waals surface area contributed by atoms with Gasteiger partial charge in [0.25, 0.3) is 0 Å². The Labute approximate surface area is 110 Å². The first-order valence-electron chi connectivity index (χ1n) is 5.79. The van der Waals surface area contributed by atoms with Crippen LogP contribution >= 0.6 is 0 Å². The summed E-state index contributed by atoms with van der Waals surface area (Å²) in [5.41, 5.74) is 0.707. The lowest BCUT2D eigenvalue weighted by Crippen LogP contribution is -2.50. The summed E-state index contributed by atoms with van der Waals surface area (Å²) >= 11 is 0. The molecule has 2 rings (SSSR count). The van der Waals surface area contributed by atoms with Crippen LogP contribution in [-0.4, -0.2) is 38.9 Å². The summed E-state index contributed by atoms with van der Waals surface area (Å²) in [6.45, 7) is 1.07. The number of anilines is 1. The fourth-order valence-corrected chi connectivity index (χ4v) is 2.07. The lowest BCUT2D eigenvalue weighted by atomic mass is 10.1. The molecule has 0 bridgehead atoms. The normalized spacial score (nSPS) is 18.8. The fourth-order valence-electron chi connectivity index (χ4n) is 2.07. The van der Waals surface area contributed by atoms with Gasteiger partial charge >= 0.3 is 5.97 Å². The molecule has 6 heteroatoms. The summed E-state index contributed by atoms with van der Waals surface area (Å²) in [6, 6.07) is 5.23. The fraction of sp³-hybridized carbons (Fsp3) is 0.385. The van der Waals surface area contributed by atoms with Crippen LogP contribution in [0.3, 0.4) is 0 Å². The summed E-state index contributed by atoms with van der Waals surface area (Å²) < 4.78 is 23.1. The first-order valence-corrected chi connectivity index (χ1v) is 5.79. The minimum Gasteiger partial charge on any atom is -0.467 e. The number of carbonyl (C=O) groups is 1. The van der Waals surface area contributed by atoms with Crippen LogP contribution < -0.4 is 4.90 Å². The van der Waals surface area contributed by atoms with E-state index in [1.807, 2.05) is 6.07 Å². The molecule has 1 saturated heterocycles. The second-order valence-corrected chi connectivity index (χ2v) is 4.08. The predicted octanol–water partition coefficient (Wildman–Crippen LogP) is 1.08. The van der Waals surface area contributed by atoms with Crippen molar-refractivity contribution in [1.29, 1.82) is 5.26 Å². The number of halogens is 1. The molecule has 19 heavy (non-hydrogen) atoms. The van der Waals surface area contributed by atoms with Crippen molar-refractivity contribution in [2.24, 2.45) is 0 Å². The number of rotatable bonds is 2. The third-order valence-electron chi connectivity index (χ3n) is 2.99. The SMILES string of the molecule is COC(=O)C1COCCN1c1ccc(F)cc1C#N. The minimum atomic E-state index is -0.615. The van der Waals surface area contributed by atoms with Crippen LogP contribution in [-0.2, 0) is 14.3 Å². The number of carbonyl (C=O) groups excluding carboxylic acids is 1. The first kappa shape index (κ1) is 13.3. The largest absolute Gasteiger partial charge is 0.467 e. The van der Waals surface area contributed by atoms with E-state index in [0.717, 1.165) is 6.07 Å². The molecule has 0 amide bonds. The van der Waals surface area contributed by atoms with Gasteiger partial charge in [-0.05, 0) is 18.2 Å². The molecule has 1 atom stereocenters. The van der Waals surface area contributed by atoms with Crippen molar-refractivity contribution in [3.8, 4) is 6.07 Å². The molecule has 0 aliphatic carbocycles. The maximum absolute atomic E-state index is 13.1. The molecular formula is C13H13FN2O3. The van der Waals surface area contributed by atoms with Gasteiger partial charge < -0.3 is 14.4 Å². The maximum atomic E-state index is 13.1. The summed E-state index contributed by atoms with van der Waals surface area (Å²) in [6.07, 6.45) is 0. The zero-order valence-corrected chi connectivity index (χ0v) is 10.4. The highest BCUT2D eigenvalue weighted by Crippen LogP contribution is 2.25. The zero-order chi connectivity index (χ0) is 13.8. The van der Waals surface area contributed by atoms with Crippen molar-refractivity contribution in [3.63, 3.8) is 0 Å². The Morgan fingerprint density at radius 1 is 1.63 bits per heavy atom. The van der Waals surface area contributed by atoms with Gasteiger partial charge in [0.05, 0.1) is 31.6 Å². The molecule has 1 unspecified atom stereocenters. The van der Waals surface area contributed by atoms with Gasteiger partial charge in [0.1, 0.15) is 11.9 Å². The van der Waals surface area contributed by atoms with Gasteiger partial charge in [0.2, 0.25) is 0 Å². The van der Waals surface area contributed by atoms with E-state index in [0.29, 0.717) is 18.8 Å². The highest BCUT2D eigenvalue weighted by molar-refractivity contribution is 5.81. The van der Waals surface area contributed by atoms with Crippen LogP contribution in [0.5, 0.6) is 0 Å². The van der Waals surface area contributed by atoms with Gasteiger partial charge in [-0.2, -0.15) is 5.26 Å². The van der Waals surface area contributed by atoms with E-state index in [4.69, 9.17) is 14.7 Å². The molecule has 0 saturated carbocycles. The zero-order valence-electron chi connectivity index (χ0n) is 10.4. The maximum Gasteiger partial charge on any atom is 0.330 e. The van der Waals surface area contributed by atoms with E-state index in [1.165, 1.54) is 19.2 Å². The highest BCUT2D eigenvalue weighted by atomic mass is 19.1. The number of benzene rings is 1. The molecule has 0 N–H and O–H groups in total. The van der Waals surface area contributed by atoms with Gasteiger partial charge in [-0.15, -0.1) is 0 Å². The van der Waals surface area contributed by atoms with Crippen LogP contribution in [0.25, 0.3) is 0 Å². The third kappa shape index (κ3) is 2.66. The standard InChI is InChI=1S/C13H13FN2O3/c1-18-13(17)12-8-19-5-4-16(12)11-3-2-10(14)6-9(11)7-15/h2-3,6,12H,4-5,8H2,1H3. The Kier molecular flexibility index (Phi) is 3.97. The molecule has 1 heterocycles. The molecule has 1 aromatic rings. The van der Waals surface area contributed by atoms with Crippen molar-refractivity contribution >= 4 is 11.7 Å². The highest BCUT2D eigenvalue weighted by Gasteiger charge is 2.31. The van der Waals surface area contributed by atoms with Crippen molar-refractivity contribution in [3.05, 3.63) is 29.6 Å². The number of methoxy groups -OCH3 is 1. The smallest absolute Gasteiger partial charge is 0.330 e. The molecule has 5 nitrogen and oxygen atoms in total. The van der Waals surface area contributed by atoms with Gasteiger partial charge in [-0.3, -0.25) is 0 Å². The molecule has 100 valence electrons. The average molecular weight is 264 g/mol. The second-order valence-electron chi connectivity index (χ2n) is 4.08. The van der Waals surface area contributed by atoms with E-state index in [-0.39, 0.29) is 12.2 Å². The summed E-state index contributed by atoms with van der Waals surface area (Å²) in [5, 5.41) is 9.06. The predicted molar refractivity (Wildman–Crippen MR) is 65.1 cm³/mol. The van der Waals surface area contributed by atoms with Crippen molar-refractivity contribution in [2.75, 3.05) is 31.8 Å². The lowest BCUT2D eigenvalue weighted by Gasteiger charge is -2.35. The van der Waals surface area contributed by atoms with Crippen LogP contribution in [0.2, 0.25) is 0 Å². The number of ether oxygens (including phenoxy) is 2. The number of hydrogen-bond donors (Lipinski definition) is 0. The molecule has 1 aromatic carbocycles. The number of esters is 1. The number of morpholine rings is 1. The summed E-state index contributed by atoms with van der Waals surface area (Å²) in [7, 11) is 1.30. The third-order valence-corrected chi connectivity index (χ3v) is 2.99. The van der Waals surface area contributed by atoms with E-state index in [9.17, 15) is 9.18 Å². The van der Waals surface area contributed by atoms with E-state index >= 15 is 0 Å². The van der Waals surface area contributed by atoms with Crippen LogP contribution in [0, 0.1) is 17.1 Å². The van der Waals surface area contributed by atoms with Crippen LogP contribution in [0.1, 0.15) is 5.56 Å². The number of hydrogen-bond acceptors (Lipinski definition) is 5. The van der Waals surface area contributed by atoms with E-state index in [1.54, 1.807) is 4.90 Å². The summed E-state index contributed by atoms with van der Waals surface area (Å²) in [5.74, 6) is -0.920. The van der Waals surface area contributed by atoms with Crippen molar-refractivity contribution in [2.45, 2.75) is 6.04 Å². The molecule has 0 aromatic heterocycles. The molecule has 0 spiro atoms. The monoisotopic (exact) mass is 264 g/mol. The van der Waals surface area contributed by atoms with Crippen molar-refractivity contribution < 1.29 is 18.7 Å².